The van der Waals surface area contributed by atoms with Crippen molar-refractivity contribution in [3.63, 3.8) is 0 Å². The highest BCUT2D eigenvalue weighted by Gasteiger charge is 2.54. The van der Waals surface area contributed by atoms with Gasteiger partial charge < -0.3 is 24.9 Å². The van der Waals surface area contributed by atoms with E-state index < -0.39 is 34.6 Å². The minimum Gasteiger partial charge on any atom is -0.469 e. The molecule has 2 N–H and O–H groups in total. The number of carbonyl (C=O) groups excluding carboxylic acids is 2. The highest BCUT2D eigenvalue weighted by atomic mass is 32.2. The molecule has 2 saturated heterocycles. The summed E-state index contributed by atoms with van der Waals surface area (Å²) in [6.07, 6.45) is 1.92. The van der Waals surface area contributed by atoms with Crippen LogP contribution in [0.25, 0.3) is 0 Å². The van der Waals surface area contributed by atoms with Crippen molar-refractivity contribution in [2.24, 2.45) is 5.16 Å². The molecule has 402 valence electrons. The van der Waals surface area contributed by atoms with Crippen LogP contribution in [0.4, 0.5) is 5.13 Å². The van der Waals surface area contributed by atoms with Gasteiger partial charge >= 0.3 is 0 Å². The van der Waals surface area contributed by atoms with Crippen molar-refractivity contribution in [2.75, 3.05) is 17.7 Å². The molecule has 0 bridgehead atoms. The highest BCUT2D eigenvalue weighted by molar-refractivity contribution is 8.00. The number of fused-ring (bicyclic) bond motifs is 1. The molecule has 8 aromatic carbocycles. The fourth-order valence-corrected chi connectivity index (χ4v) is 13.7. The van der Waals surface area contributed by atoms with Crippen molar-refractivity contribution in [2.45, 2.75) is 54.0 Å². The Hall–Kier alpha value is -8.46. The molecule has 0 saturated carbocycles. The summed E-state index contributed by atoms with van der Waals surface area (Å²) in [7, 11) is 0. The Labute approximate surface area is 485 Å². The predicted octanol–water partition coefficient (Wildman–Crippen LogP) is 13.6. The summed E-state index contributed by atoms with van der Waals surface area (Å²) < 4.78 is 13.0. The second kappa shape index (κ2) is 24.1. The van der Waals surface area contributed by atoms with Crippen LogP contribution in [0.2, 0.25) is 0 Å². The van der Waals surface area contributed by atoms with Crippen molar-refractivity contribution < 1.29 is 23.9 Å². The summed E-state index contributed by atoms with van der Waals surface area (Å²) in [6, 6.07) is 79.3. The monoisotopic (exact) mass is 1120 g/mol. The molecule has 3 aliphatic rings. The summed E-state index contributed by atoms with van der Waals surface area (Å²) in [5, 5.41) is 14.0. The van der Waals surface area contributed by atoms with E-state index >= 15 is 9.59 Å². The van der Waals surface area contributed by atoms with Crippen LogP contribution >= 0.6 is 35.3 Å². The number of aromatic nitrogens is 1. The van der Waals surface area contributed by atoms with Crippen molar-refractivity contribution in [1.29, 1.82) is 0 Å². The lowest BCUT2D eigenvalue weighted by molar-refractivity contribution is -0.144. The van der Waals surface area contributed by atoms with Crippen LogP contribution in [-0.2, 0) is 35.0 Å². The highest BCUT2D eigenvalue weighted by Crippen LogP contribution is 2.46. The lowest BCUT2D eigenvalue weighted by Crippen LogP contribution is -2.71. The summed E-state index contributed by atoms with van der Waals surface area (Å²) in [5.74, 6) is -0.420. The number of thiazole rings is 1. The van der Waals surface area contributed by atoms with Gasteiger partial charge in [-0.3, -0.25) is 14.5 Å². The normalized spacial score (nSPS) is 17.2. The lowest BCUT2D eigenvalue weighted by atomic mass is 9.77. The maximum absolute atomic E-state index is 15.6. The molecule has 0 aliphatic carbocycles. The number of β-lactam (4-membered cyclic amide) rings is 1. The molecule has 0 radical (unpaired) electrons. The van der Waals surface area contributed by atoms with Crippen molar-refractivity contribution in [3.8, 4) is 0 Å². The first-order valence-corrected chi connectivity index (χ1v) is 29.5. The third-order valence-corrected chi connectivity index (χ3v) is 17.5. The van der Waals surface area contributed by atoms with Crippen LogP contribution in [0.15, 0.2) is 264 Å². The van der Waals surface area contributed by atoms with E-state index in [2.05, 4.69) is 47.0 Å². The van der Waals surface area contributed by atoms with Gasteiger partial charge in [-0.2, -0.15) is 0 Å². The smallest absolute Gasteiger partial charge is 0.276 e. The minimum absolute atomic E-state index is 0.00912. The number of nitrogens with zero attached hydrogens (tertiary/aromatic N) is 3. The van der Waals surface area contributed by atoms with Gasteiger partial charge in [0.2, 0.25) is 10.7 Å². The zero-order valence-electron chi connectivity index (χ0n) is 44.1. The third-order valence-electron chi connectivity index (χ3n) is 15.1. The predicted molar refractivity (Wildman–Crippen MR) is 326 cm³/mol. The third kappa shape index (κ3) is 10.7. The van der Waals surface area contributed by atoms with Gasteiger partial charge in [0.05, 0.1) is 11.8 Å². The number of anilines is 1. The molecular formula is C68H57N5O5S3. The van der Waals surface area contributed by atoms with E-state index in [0.29, 0.717) is 29.6 Å². The second-order valence-corrected chi connectivity index (χ2v) is 22.4. The first kappa shape index (κ1) is 53.2. The Balaban J connectivity index is 0.932. The van der Waals surface area contributed by atoms with Crippen molar-refractivity contribution in [1.82, 2.24) is 15.2 Å². The van der Waals surface area contributed by atoms with Crippen molar-refractivity contribution >= 4 is 63.0 Å². The molecule has 10 nitrogen and oxygen atoms in total. The van der Waals surface area contributed by atoms with Crippen LogP contribution in [-0.4, -0.2) is 62.3 Å². The Morgan fingerprint density at radius 1 is 0.667 bits per heavy atom. The molecular weight excluding hydrogens is 1060 g/mol. The number of thioether (sulfide) groups is 1. The van der Waals surface area contributed by atoms with Crippen molar-refractivity contribution in [3.05, 3.63) is 310 Å². The van der Waals surface area contributed by atoms with E-state index in [0.717, 1.165) is 62.9 Å². The zero-order chi connectivity index (χ0) is 55.0. The van der Waals surface area contributed by atoms with E-state index in [-0.39, 0.29) is 28.5 Å². The van der Waals surface area contributed by atoms with Gasteiger partial charge in [-0.05, 0) is 64.9 Å². The number of carbonyl (C=O) groups is 2. The molecule has 12 rings (SSSR count). The van der Waals surface area contributed by atoms with E-state index in [4.69, 9.17) is 36.7 Å². The first-order chi connectivity index (χ1) is 39.9. The number of nitrogens with one attached hydrogen (secondary N) is 2. The van der Waals surface area contributed by atoms with E-state index in [1.54, 1.807) is 22.0 Å². The van der Waals surface area contributed by atoms with Gasteiger partial charge in [0.25, 0.3) is 11.8 Å². The summed E-state index contributed by atoms with van der Waals surface area (Å²) in [5.41, 5.74) is 6.54. The first-order valence-electron chi connectivity index (χ1n) is 27.1. The lowest BCUT2D eigenvalue weighted by Gasteiger charge is -2.50. The summed E-state index contributed by atoms with van der Waals surface area (Å²) in [6.45, 7) is 0.687. The SMILES string of the molecule is O=C(NC1C(=O)N2C(C(=S)OC(c3ccccc3)c3ccccc3)=C(CC3CCCO3)CS[C@H]12)/C(=N\OC(c1ccccc1)(c1ccccc1)c1ccccc1)c1csc(NC(c2ccccc2)(c2ccccc2)c2ccccc2)n1. The van der Waals surface area contributed by atoms with Crippen LogP contribution in [0, 0.1) is 0 Å². The Kier molecular flexibility index (Phi) is 15.8. The van der Waals surface area contributed by atoms with Gasteiger partial charge in [0, 0.05) is 34.4 Å². The number of amides is 2. The largest absolute Gasteiger partial charge is 0.469 e. The number of hydrogen-bond donors (Lipinski definition) is 2. The van der Waals surface area contributed by atoms with Crippen LogP contribution in [0.1, 0.15) is 75.6 Å². The Morgan fingerprint density at radius 3 is 1.58 bits per heavy atom. The maximum atomic E-state index is 15.6. The maximum Gasteiger partial charge on any atom is 0.276 e. The summed E-state index contributed by atoms with van der Waals surface area (Å²) >= 11 is 9.20. The van der Waals surface area contributed by atoms with Gasteiger partial charge in [-0.25, -0.2) is 4.98 Å². The van der Waals surface area contributed by atoms with Gasteiger partial charge in [0.1, 0.15) is 28.8 Å². The zero-order valence-corrected chi connectivity index (χ0v) is 46.6. The Bertz CT molecular complexity index is 3430. The van der Waals surface area contributed by atoms with Crippen LogP contribution in [0.3, 0.4) is 0 Å². The fraction of sp³-hybridized carbons (Fsp3) is 0.162. The number of thiocarbonyl (C=S) groups is 1. The van der Waals surface area contributed by atoms with Gasteiger partial charge in [-0.15, -0.1) is 23.1 Å². The minimum atomic E-state index is -1.34. The molecule has 2 unspecified atom stereocenters. The number of hydrogen-bond acceptors (Lipinski definition) is 11. The van der Waals surface area contributed by atoms with E-state index in [9.17, 15) is 0 Å². The number of rotatable bonds is 19. The van der Waals surface area contributed by atoms with Gasteiger partial charge in [0.15, 0.2) is 10.8 Å². The molecule has 4 heterocycles. The molecule has 81 heavy (non-hydrogen) atoms. The second-order valence-electron chi connectivity index (χ2n) is 20.1. The average Bonchev–Trinajstić information content (AvgIpc) is 4.28. The number of ether oxygens (including phenoxy) is 2. The average molecular weight is 1120 g/mol. The molecule has 2 amide bonds. The molecule has 0 spiro atoms. The number of benzene rings is 8. The van der Waals surface area contributed by atoms with Gasteiger partial charge in [-0.1, -0.05) is 248 Å². The topological polar surface area (TPSA) is 114 Å². The van der Waals surface area contributed by atoms with E-state index in [1.807, 2.05) is 206 Å². The number of oxime groups is 1. The van der Waals surface area contributed by atoms with Crippen LogP contribution < -0.4 is 10.6 Å². The molecule has 3 aliphatic heterocycles. The fourth-order valence-electron chi connectivity index (χ4n) is 11.2. The standard InChI is InChI=1S/C68H57N5O5S3/c74-62(70-59-63(75)73-60(49(45-80-64(59)73)44-56-42-25-43-76-56)65(79)77-61(47-26-9-1-10-27-47)48-28-11-2-12-29-48)58(72-78-68(53-36-19-6-20-37-53,54-38-21-7-22-39-54)55-40-23-8-24-41-55)57-46-81-66(69-57)71-67(50-30-13-3-14-31-50,51-32-15-4-16-33-51)52-34-17-5-18-35-52/h1-24,26-41,46,56,59,61,64H,25,42-45H2,(H,69,71)(H,70,74)/b72-58-/t56?,59?,64-/m1/s1. The Morgan fingerprint density at radius 2 is 1.12 bits per heavy atom. The molecule has 3 atom stereocenters. The molecule has 2 fully saturated rings. The quantitative estimate of drug-likeness (QED) is 0.0269. The molecule has 13 heteroatoms. The van der Waals surface area contributed by atoms with Crippen LogP contribution in [0.5, 0.6) is 0 Å². The summed E-state index contributed by atoms with van der Waals surface area (Å²) in [4.78, 5) is 44.6. The molecule has 9 aromatic rings. The van der Waals surface area contributed by atoms with E-state index in [1.165, 1.54) is 11.3 Å². The molecule has 1 aromatic heterocycles.